The van der Waals surface area contributed by atoms with Crippen molar-refractivity contribution in [2.45, 2.75) is 20.0 Å². The van der Waals surface area contributed by atoms with Gasteiger partial charge in [0.2, 0.25) is 0 Å². The summed E-state index contributed by atoms with van der Waals surface area (Å²) in [6.07, 6.45) is -0.401. The molecule has 0 saturated heterocycles. The van der Waals surface area contributed by atoms with Gasteiger partial charge in [-0.25, -0.2) is 4.57 Å². The van der Waals surface area contributed by atoms with E-state index < -0.39 is 20.7 Å². The number of hydrogen-bond donors (Lipinski definition) is 2. The van der Waals surface area contributed by atoms with E-state index in [1.165, 1.54) is 0 Å². The van der Waals surface area contributed by atoms with E-state index in [1.54, 1.807) is 13.8 Å². The summed E-state index contributed by atoms with van der Waals surface area (Å²) >= 11 is 0. The molecule has 12 heavy (non-hydrogen) atoms. The maximum absolute atomic E-state index is 10.6. The maximum atomic E-state index is 10.6. The first kappa shape index (κ1) is 19.6. The number of rotatable bonds is 4. The van der Waals surface area contributed by atoms with E-state index in [0.29, 0.717) is 0 Å². The van der Waals surface area contributed by atoms with Gasteiger partial charge in [-0.2, -0.15) is 0 Å². The molecule has 0 spiro atoms. The van der Waals surface area contributed by atoms with Gasteiger partial charge in [0, 0.05) is 0 Å². The number of aliphatic hydroxyl groups is 1. The van der Waals surface area contributed by atoms with E-state index in [2.05, 4.69) is 9.05 Å². The summed E-state index contributed by atoms with van der Waals surface area (Å²) in [5.41, 5.74) is 0. The van der Waals surface area contributed by atoms with E-state index in [1.807, 2.05) is 0 Å². The molecule has 0 radical (unpaired) electrons. The van der Waals surface area contributed by atoms with Crippen LogP contribution in [-0.2, 0) is 13.6 Å². The fraction of sp³-hybridized carbons (Fsp3) is 1.00. The van der Waals surface area contributed by atoms with Crippen LogP contribution in [0, 0.1) is 0 Å². The number of hydrogen-bond acceptors (Lipinski definition) is 4. The van der Waals surface area contributed by atoms with E-state index in [4.69, 9.17) is 10.00 Å². The average molecular weight is 218 g/mol. The normalized spacial score (nSPS) is 14.4. The van der Waals surface area contributed by atoms with Gasteiger partial charge < -0.3 is 10.00 Å². The molecule has 0 aliphatic heterocycles. The van der Waals surface area contributed by atoms with E-state index in [-0.39, 0.29) is 59.1 Å². The summed E-state index contributed by atoms with van der Waals surface area (Å²) < 4.78 is 19.0. The molecule has 2 N–H and O–H groups in total. The van der Waals surface area contributed by atoms with Crippen molar-refractivity contribution in [1.82, 2.24) is 0 Å². The van der Waals surface area contributed by atoms with Gasteiger partial charge in [0.25, 0.3) is 0 Å². The molecular weight excluding hydrogens is 205 g/mol. The molecule has 0 aromatic carbocycles. The second-order valence-corrected chi connectivity index (χ2v) is 3.29. The first-order valence-electron chi connectivity index (χ1n) is 2.74. The van der Waals surface area contributed by atoms with E-state index in [0.717, 1.165) is 0 Å². The van der Waals surface area contributed by atoms with Crippen molar-refractivity contribution in [2.75, 3.05) is 6.79 Å². The SMILES string of the molecule is CC(C)OP(=O)(O)OCO.[NaH].[NaH]. The van der Waals surface area contributed by atoms with Crippen LogP contribution in [0.5, 0.6) is 0 Å². The molecule has 0 aliphatic rings. The quantitative estimate of drug-likeness (QED) is 0.366. The average Bonchev–Trinajstić information content (AvgIpc) is 1.59. The Morgan fingerprint density at radius 2 is 1.83 bits per heavy atom. The second-order valence-electron chi connectivity index (χ2n) is 1.88. The molecule has 0 bridgehead atoms. The molecule has 5 nitrogen and oxygen atoms in total. The Morgan fingerprint density at radius 3 is 2.08 bits per heavy atom. The van der Waals surface area contributed by atoms with Crippen LogP contribution in [0.2, 0.25) is 0 Å². The van der Waals surface area contributed by atoms with Crippen LogP contribution in [0.25, 0.3) is 0 Å². The molecular formula is C4H13Na2O5P. The molecule has 1 unspecified atom stereocenters. The second kappa shape index (κ2) is 9.62. The van der Waals surface area contributed by atoms with Gasteiger partial charge in [0.15, 0.2) is 6.79 Å². The summed E-state index contributed by atoms with van der Waals surface area (Å²) in [6, 6.07) is 0. The molecule has 0 aromatic heterocycles. The predicted molar refractivity (Wildman–Crippen MR) is 48.5 cm³/mol. The van der Waals surface area contributed by atoms with Crippen molar-refractivity contribution in [2.24, 2.45) is 0 Å². The molecule has 0 aliphatic carbocycles. The zero-order valence-corrected chi connectivity index (χ0v) is 6.75. The van der Waals surface area contributed by atoms with Crippen LogP contribution in [0.4, 0.5) is 0 Å². The minimum absolute atomic E-state index is 0. The van der Waals surface area contributed by atoms with Crippen molar-refractivity contribution < 1.29 is 23.6 Å². The van der Waals surface area contributed by atoms with Gasteiger partial charge in [-0.3, -0.25) is 9.05 Å². The Labute approximate surface area is 116 Å². The topological polar surface area (TPSA) is 76.0 Å². The molecule has 0 aromatic rings. The van der Waals surface area contributed by atoms with Crippen molar-refractivity contribution in [3.8, 4) is 0 Å². The molecule has 0 heterocycles. The van der Waals surface area contributed by atoms with Crippen LogP contribution in [0.3, 0.4) is 0 Å². The Kier molecular flexibility index (Phi) is 15.7. The van der Waals surface area contributed by atoms with Gasteiger partial charge in [0.05, 0.1) is 6.10 Å². The van der Waals surface area contributed by atoms with Crippen LogP contribution >= 0.6 is 7.82 Å². The summed E-state index contributed by atoms with van der Waals surface area (Å²) in [4.78, 5) is 8.64. The van der Waals surface area contributed by atoms with Gasteiger partial charge >= 0.3 is 66.9 Å². The fourth-order valence-electron chi connectivity index (χ4n) is 0.370. The standard InChI is InChI=1S/C4H11O5P.2Na.2H/c1-4(2)9-10(6,7)8-3-5;;;;/h4-5H,3H2,1-2H3,(H,6,7);;;;. The van der Waals surface area contributed by atoms with Crippen LogP contribution in [0.1, 0.15) is 13.8 Å². The fourth-order valence-corrected chi connectivity index (χ4v) is 1.11. The molecule has 0 saturated carbocycles. The molecule has 66 valence electrons. The summed E-state index contributed by atoms with van der Waals surface area (Å²) in [5, 5.41) is 8.08. The number of phosphoric acid groups is 1. The Hall–Kier alpha value is 2.07. The van der Waals surface area contributed by atoms with Gasteiger partial charge in [-0.1, -0.05) is 0 Å². The van der Waals surface area contributed by atoms with Crippen molar-refractivity contribution in [3.05, 3.63) is 0 Å². The van der Waals surface area contributed by atoms with Crippen LogP contribution < -0.4 is 0 Å². The van der Waals surface area contributed by atoms with E-state index in [9.17, 15) is 4.57 Å². The molecule has 0 rings (SSSR count). The van der Waals surface area contributed by atoms with Gasteiger partial charge in [-0.15, -0.1) is 0 Å². The summed E-state index contributed by atoms with van der Waals surface area (Å²) in [5.74, 6) is 0. The Bertz CT molecular complexity index is 141. The Morgan fingerprint density at radius 1 is 1.42 bits per heavy atom. The molecule has 0 amide bonds. The van der Waals surface area contributed by atoms with Gasteiger partial charge in [0.1, 0.15) is 0 Å². The first-order valence-corrected chi connectivity index (χ1v) is 4.24. The predicted octanol–water partition coefficient (Wildman–Crippen LogP) is -0.819. The first-order chi connectivity index (χ1) is 4.48. The molecule has 8 heteroatoms. The minimum atomic E-state index is -4.00. The summed E-state index contributed by atoms with van der Waals surface area (Å²) in [6.45, 7) is 2.35. The number of aliphatic hydroxyl groups excluding tert-OH is 1. The zero-order valence-electron chi connectivity index (χ0n) is 5.85. The van der Waals surface area contributed by atoms with Crippen molar-refractivity contribution in [1.29, 1.82) is 0 Å². The summed E-state index contributed by atoms with van der Waals surface area (Å²) in [7, 11) is -4.00. The van der Waals surface area contributed by atoms with Crippen molar-refractivity contribution in [3.63, 3.8) is 0 Å². The van der Waals surface area contributed by atoms with E-state index >= 15 is 0 Å². The van der Waals surface area contributed by atoms with Gasteiger partial charge in [-0.05, 0) is 13.8 Å². The van der Waals surface area contributed by atoms with Crippen molar-refractivity contribution >= 4 is 66.9 Å². The monoisotopic (exact) mass is 218 g/mol. The third-order valence-electron chi connectivity index (χ3n) is 0.565. The molecule has 1 atom stereocenters. The third kappa shape index (κ3) is 12.1. The zero-order chi connectivity index (χ0) is 8.20. The number of phosphoric ester groups is 1. The van der Waals surface area contributed by atoms with Crippen LogP contribution in [-0.4, -0.2) is 82.0 Å². The molecule has 0 fully saturated rings. The van der Waals surface area contributed by atoms with Crippen LogP contribution in [0.15, 0.2) is 0 Å². The third-order valence-corrected chi connectivity index (χ3v) is 1.69. The Balaban J connectivity index is -0.000000405.